The number of aryl methyl sites for hydroxylation is 1. The Hall–Kier alpha value is -3.25. The number of benzene rings is 1. The van der Waals surface area contributed by atoms with Crippen molar-refractivity contribution >= 4 is 40.3 Å². The van der Waals surface area contributed by atoms with Gasteiger partial charge in [0.25, 0.3) is 0 Å². The molecule has 0 atom stereocenters. The summed E-state index contributed by atoms with van der Waals surface area (Å²) < 4.78 is 17.3. The number of carbonyl (C=O) groups excluding carboxylic acids is 3. The van der Waals surface area contributed by atoms with Gasteiger partial charge in [0.1, 0.15) is 12.1 Å². The highest BCUT2D eigenvalue weighted by atomic mass is 19.1. The number of urea groups is 1. The molecular formula is C26H36FN7O4. The van der Waals surface area contributed by atoms with E-state index in [0.717, 1.165) is 25.9 Å². The number of hydrogen-bond acceptors (Lipinski definition) is 7. The Morgan fingerprint density at radius 1 is 1.11 bits per heavy atom. The molecule has 2 aromatic rings. The van der Waals surface area contributed by atoms with Crippen molar-refractivity contribution in [3.8, 4) is 0 Å². The van der Waals surface area contributed by atoms with Crippen LogP contribution in [-0.4, -0.2) is 100 Å². The second kappa shape index (κ2) is 10.1. The first-order valence-corrected chi connectivity index (χ1v) is 13.3. The lowest BCUT2D eigenvalue weighted by atomic mass is 9.78. The van der Waals surface area contributed by atoms with Crippen LogP contribution in [0.25, 0.3) is 10.9 Å². The van der Waals surface area contributed by atoms with E-state index in [0.29, 0.717) is 54.5 Å². The molecular weight excluding hydrogens is 493 g/mol. The Labute approximate surface area is 221 Å². The van der Waals surface area contributed by atoms with Crippen LogP contribution in [0, 0.1) is 11.7 Å². The zero-order valence-corrected chi connectivity index (χ0v) is 22.2. The molecule has 11 nitrogen and oxygen atoms in total. The van der Waals surface area contributed by atoms with E-state index in [1.165, 1.54) is 9.58 Å². The number of halogens is 1. The lowest BCUT2D eigenvalue weighted by molar-refractivity contribution is -0.136. The van der Waals surface area contributed by atoms with E-state index in [-0.39, 0.29) is 36.1 Å². The molecule has 0 saturated carbocycles. The van der Waals surface area contributed by atoms with Crippen molar-refractivity contribution in [3.63, 3.8) is 0 Å². The van der Waals surface area contributed by atoms with Gasteiger partial charge < -0.3 is 14.9 Å². The molecule has 2 N–H and O–H groups in total. The summed E-state index contributed by atoms with van der Waals surface area (Å²) in [6.07, 6.45) is 1.97. The average Bonchev–Trinajstić information content (AvgIpc) is 3.25. The summed E-state index contributed by atoms with van der Waals surface area (Å²) in [6.45, 7) is 8.54. The van der Waals surface area contributed by atoms with Crippen LogP contribution in [0.2, 0.25) is 0 Å². The molecule has 0 bridgehead atoms. The lowest BCUT2D eigenvalue weighted by Gasteiger charge is -2.50. The largest absolute Gasteiger partial charge is 0.387 e. The summed E-state index contributed by atoms with van der Waals surface area (Å²) >= 11 is 0. The first-order chi connectivity index (χ1) is 18.1. The van der Waals surface area contributed by atoms with Crippen molar-refractivity contribution in [1.82, 2.24) is 24.9 Å². The Morgan fingerprint density at radius 2 is 1.79 bits per heavy atom. The Kier molecular flexibility index (Phi) is 7.03. The van der Waals surface area contributed by atoms with E-state index in [2.05, 4.69) is 34.1 Å². The van der Waals surface area contributed by atoms with Gasteiger partial charge in [-0.15, -0.1) is 0 Å². The van der Waals surface area contributed by atoms with Gasteiger partial charge in [0.2, 0.25) is 11.8 Å². The standard InChI is InChI=1S/C26H36FN7O4/c1-26(2,17-6-9-32(10-7-17)21(37)16-35)33-14-12-31(13-15-33)19-5-4-18-23(22(19)27)30(3)29-24(18)34-11-8-20(36)28-25(34)38/h4-5,17,35H,6-16H2,1-3H3,(H,28,36,38). The Morgan fingerprint density at radius 3 is 2.42 bits per heavy atom. The van der Waals surface area contributed by atoms with E-state index in [9.17, 15) is 14.4 Å². The highest BCUT2D eigenvalue weighted by Crippen LogP contribution is 2.36. The molecule has 206 valence electrons. The fraction of sp³-hybridized carbons (Fsp3) is 0.615. The van der Waals surface area contributed by atoms with E-state index in [1.54, 1.807) is 24.1 Å². The van der Waals surface area contributed by atoms with Gasteiger partial charge in [-0.25, -0.2) is 9.18 Å². The van der Waals surface area contributed by atoms with Crippen molar-refractivity contribution in [3.05, 3.63) is 17.9 Å². The molecule has 3 fully saturated rings. The molecule has 0 spiro atoms. The van der Waals surface area contributed by atoms with Crippen LogP contribution in [-0.2, 0) is 16.6 Å². The molecule has 3 aliphatic heterocycles. The third-order valence-electron chi connectivity index (χ3n) is 8.63. The van der Waals surface area contributed by atoms with E-state index >= 15 is 4.39 Å². The van der Waals surface area contributed by atoms with E-state index in [4.69, 9.17) is 5.11 Å². The molecule has 4 amide bonds. The number of carbonyl (C=O) groups is 3. The molecule has 0 radical (unpaired) electrons. The highest BCUT2D eigenvalue weighted by Gasteiger charge is 2.39. The third-order valence-corrected chi connectivity index (χ3v) is 8.63. The van der Waals surface area contributed by atoms with Crippen molar-refractivity contribution in [2.24, 2.45) is 13.0 Å². The van der Waals surface area contributed by atoms with Crippen molar-refractivity contribution in [1.29, 1.82) is 0 Å². The number of likely N-dealkylation sites (tertiary alicyclic amines) is 1. The fourth-order valence-corrected chi connectivity index (χ4v) is 6.22. The molecule has 38 heavy (non-hydrogen) atoms. The van der Waals surface area contributed by atoms with Crippen LogP contribution in [0.15, 0.2) is 12.1 Å². The number of imide groups is 1. The molecule has 1 aromatic heterocycles. The molecule has 0 aliphatic carbocycles. The van der Waals surface area contributed by atoms with Gasteiger partial charge in [0.15, 0.2) is 11.6 Å². The first-order valence-electron chi connectivity index (χ1n) is 13.3. The van der Waals surface area contributed by atoms with Crippen LogP contribution in [0.4, 0.5) is 20.7 Å². The minimum atomic E-state index is -0.546. The number of aliphatic hydroxyl groups is 1. The number of aromatic nitrogens is 2. The SMILES string of the molecule is Cn1nc(N2CCC(=O)NC2=O)c2ccc(N3CCN(C(C)(C)C4CCN(C(=O)CO)CC4)CC3)c(F)c21. The maximum atomic E-state index is 15.9. The minimum Gasteiger partial charge on any atom is -0.387 e. The van der Waals surface area contributed by atoms with Crippen molar-refractivity contribution in [2.75, 3.05) is 62.2 Å². The van der Waals surface area contributed by atoms with Gasteiger partial charge in [-0.2, -0.15) is 5.10 Å². The smallest absolute Gasteiger partial charge is 0.329 e. The average molecular weight is 530 g/mol. The topological polar surface area (TPSA) is 114 Å². The number of piperazine rings is 1. The van der Waals surface area contributed by atoms with Gasteiger partial charge in [-0.3, -0.25) is 29.4 Å². The van der Waals surface area contributed by atoms with Crippen LogP contribution in [0.5, 0.6) is 0 Å². The minimum absolute atomic E-state index is 0.0592. The van der Waals surface area contributed by atoms with Crippen molar-refractivity contribution < 1.29 is 23.9 Å². The Bertz CT molecular complexity index is 1250. The predicted molar refractivity (Wildman–Crippen MR) is 140 cm³/mol. The van der Waals surface area contributed by atoms with Gasteiger partial charge in [0.05, 0.1) is 5.69 Å². The van der Waals surface area contributed by atoms with Crippen LogP contribution < -0.4 is 15.1 Å². The molecule has 1 aromatic carbocycles. The van der Waals surface area contributed by atoms with Gasteiger partial charge in [0, 0.05) is 70.2 Å². The maximum Gasteiger partial charge on any atom is 0.329 e. The Balaban J connectivity index is 1.28. The lowest BCUT2D eigenvalue weighted by Crippen LogP contribution is -2.59. The number of piperidine rings is 1. The summed E-state index contributed by atoms with van der Waals surface area (Å²) in [4.78, 5) is 43.4. The number of rotatable bonds is 5. The first kappa shape index (κ1) is 26.4. The predicted octanol–water partition coefficient (Wildman–Crippen LogP) is 1.29. The second-order valence-corrected chi connectivity index (χ2v) is 10.9. The molecule has 12 heteroatoms. The monoisotopic (exact) mass is 529 g/mol. The summed E-state index contributed by atoms with van der Waals surface area (Å²) in [7, 11) is 1.66. The maximum absolute atomic E-state index is 15.9. The number of aliphatic hydroxyl groups excluding tert-OH is 1. The summed E-state index contributed by atoms with van der Waals surface area (Å²) in [5, 5.41) is 16.4. The van der Waals surface area contributed by atoms with Crippen LogP contribution >= 0.6 is 0 Å². The molecule has 3 saturated heterocycles. The number of fused-ring (bicyclic) bond motifs is 1. The summed E-state index contributed by atoms with van der Waals surface area (Å²) in [5.74, 6) is -0.129. The molecule has 0 unspecified atom stereocenters. The number of nitrogens with zero attached hydrogens (tertiary/aromatic N) is 6. The van der Waals surface area contributed by atoms with Gasteiger partial charge in [-0.05, 0) is 44.7 Å². The summed E-state index contributed by atoms with van der Waals surface area (Å²) in [5.41, 5.74) is 0.781. The normalized spacial score (nSPS) is 20.4. The zero-order valence-electron chi connectivity index (χ0n) is 22.2. The summed E-state index contributed by atoms with van der Waals surface area (Å²) in [6, 6.07) is 3.01. The quantitative estimate of drug-likeness (QED) is 0.600. The number of amides is 4. The fourth-order valence-electron chi connectivity index (χ4n) is 6.22. The van der Waals surface area contributed by atoms with Crippen LogP contribution in [0.1, 0.15) is 33.1 Å². The molecule has 3 aliphatic rings. The molecule has 5 rings (SSSR count). The van der Waals surface area contributed by atoms with Gasteiger partial charge in [-0.1, -0.05) is 0 Å². The number of hydrogen-bond donors (Lipinski definition) is 2. The third kappa shape index (κ3) is 4.60. The zero-order chi connectivity index (χ0) is 27.2. The number of anilines is 2. The second-order valence-electron chi connectivity index (χ2n) is 10.9. The molecule has 4 heterocycles. The van der Waals surface area contributed by atoms with Crippen molar-refractivity contribution in [2.45, 2.75) is 38.6 Å². The number of nitrogens with one attached hydrogen (secondary N) is 1. The highest BCUT2D eigenvalue weighted by molar-refractivity contribution is 6.09. The van der Waals surface area contributed by atoms with E-state index in [1.807, 2.05) is 0 Å². The van der Waals surface area contributed by atoms with Crippen LogP contribution in [0.3, 0.4) is 0 Å². The van der Waals surface area contributed by atoms with E-state index < -0.39 is 12.6 Å². The van der Waals surface area contributed by atoms with Gasteiger partial charge >= 0.3 is 6.03 Å².